The Hall–Kier alpha value is -1.54. The van der Waals surface area contributed by atoms with Gasteiger partial charge in [-0.15, -0.1) is 0 Å². The monoisotopic (exact) mass is 367 g/mol. The van der Waals surface area contributed by atoms with E-state index >= 15 is 0 Å². The normalized spacial score (nSPS) is 12.1. The van der Waals surface area contributed by atoms with Crippen LogP contribution in [0.4, 0.5) is 5.69 Å². The van der Waals surface area contributed by atoms with E-state index in [0.29, 0.717) is 0 Å². The van der Waals surface area contributed by atoms with E-state index in [9.17, 15) is 18.5 Å². The second kappa shape index (κ2) is 6.76. The second-order valence-electron chi connectivity index (χ2n) is 6.49. The standard InChI is InChI=1S/C16H19BClNO4S/c1-16(2,3)11-4-7-13(8-5-11)24(22,23)19-15-9-6-12(18)10-14(15)17(20)21/h4-10,19-21H,1-3H3. The van der Waals surface area contributed by atoms with Crippen LogP contribution in [-0.4, -0.2) is 25.6 Å². The molecule has 0 unspecified atom stereocenters. The molecule has 2 aromatic rings. The summed E-state index contributed by atoms with van der Waals surface area (Å²) in [5.74, 6) is 0. The van der Waals surface area contributed by atoms with Gasteiger partial charge in [0.05, 0.1) is 4.90 Å². The fourth-order valence-electron chi connectivity index (χ4n) is 2.18. The van der Waals surface area contributed by atoms with Crippen molar-refractivity contribution in [3.05, 3.63) is 53.1 Å². The third-order valence-corrected chi connectivity index (χ3v) is 5.18. The first-order valence-electron chi connectivity index (χ1n) is 7.30. The molecule has 8 heteroatoms. The molecule has 5 nitrogen and oxygen atoms in total. The third kappa shape index (κ3) is 4.30. The fraction of sp³-hybridized carbons (Fsp3) is 0.250. The number of nitrogens with one attached hydrogen (secondary N) is 1. The largest absolute Gasteiger partial charge is 0.490 e. The van der Waals surface area contributed by atoms with Crippen LogP contribution in [-0.2, 0) is 15.4 Å². The Morgan fingerprint density at radius 1 is 1.04 bits per heavy atom. The van der Waals surface area contributed by atoms with Gasteiger partial charge in [0.25, 0.3) is 10.0 Å². The summed E-state index contributed by atoms with van der Waals surface area (Å²) in [5, 5.41) is 19.0. The highest BCUT2D eigenvalue weighted by molar-refractivity contribution is 7.92. The molecule has 0 atom stereocenters. The molecule has 3 N–H and O–H groups in total. The molecule has 0 aliphatic rings. The van der Waals surface area contributed by atoms with Gasteiger partial charge in [0, 0.05) is 16.2 Å². The fourth-order valence-corrected chi connectivity index (χ4v) is 3.45. The van der Waals surface area contributed by atoms with Crippen molar-refractivity contribution in [3.8, 4) is 0 Å². The summed E-state index contributed by atoms with van der Waals surface area (Å²) in [5.41, 5.74) is 0.978. The summed E-state index contributed by atoms with van der Waals surface area (Å²) in [4.78, 5) is 0.0869. The van der Waals surface area contributed by atoms with E-state index in [1.165, 1.54) is 30.3 Å². The van der Waals surface area contributed by atoms with Gasteiger partial charge in [-0.3, -0.25) is 4.72 Å². The molecular formula is C16H19BClNO4S. The van der Waals surface area contributed by atoms with Gasteiger partial charge in [0.15, 0.2) is 0 Å². The Morgan fingerprint density at radius 3 is 2.12 bits per heavy atom. The maximum absolute atomic E-state index is 12.5. The number of hydrogen-bond acceptors (Lipinski definition) is 4. The Kier molecular flexibility index (Phi) is 5.30. The molecule has 2 rings (SSSR count). The van der Waals surface area contributed by atoms with Gasteiger partial charge in [-0.25, -0.2) is 8.42 Å². The Balaban J connectivity index is 2.36. The average Bonchev–Trinajstić information content (AvgIpc) is 2.48. The zero-order valence-electron chi connectivity index (χ0n) is 13.6. The number of benzene rings is 2. The molecule has 0 aliphatic carbocycles. The quantitative estimate of drug-likeness (QED) is 0.722. The Morgan fingerprint density at radius 2 is 1.62 bits per heavy atom. The first-order valence-corrected chi connectivity index (χ1v) is 9.16. The van der Waals surface area contributed by atoms with Crippen molar-refractivity contribution < 1.29 is 18.5 Å². The predicted molar refractivity (Wildman–Crippen MR) is 97.2 cm³/mol. The average molecular weight is 368 g/mol. The number of halogens is 1. The summed E-state index contributed by atoms with van der Waals surface area (Å²) in [6.45, 7) is 6.12. The van der Waals surface area contributed by atoms with Crippen LogP contribution in [0.15, 0.2) is 47.4 Å². The molecule has 24 heavy (non-hydrogen) atoms. The number of sulfonamides is 1. The van der Waals surface area contributed by atoms with E-state index in [0.717, 1.165) is 5.56 Å². The van der Waals surface area contributed by atoms with Crippen LogP contribution in [0.5, 0.6) is 0 Å². The van der Waals surface area contributed by atoms with Crippen LogP contribution in [0.1, 0.15) is 26.3 Å². The van der Waals surface area contributed by atoms with E-state index in [1.807, 2.05) is 20.8 Å². The highest BCUT2D eigenvalue weighted by Crippen LogP contribution is 2.24. The third-order valence-electron chi connectivity index (χ3n) is 3.57. The van der Waals surface area contributed by atoms with E-state index in [1.54, 1.807) is 12.1 Å². The first-order chi connectivity index (χ1) is 11.0. The van der Waals surface area contributed by atoms with Crippen molar-refractivity contribution in [1.82, 2.24) is 0 Å². The summed E-state index contributed by atoms with van der Waals surface area (Å²) in [7, 11) is -5.70. The maximum atomic E-state index is 12.5. The van der Waals surface area contributed by atoms with Crippen molar-refractivity contribution in [2.24, 2.45) is 0 Å². The van der Waals surface area contributed by atoms with Crippen LogP contribution in [0, 0.1) is 0 Å². The van der Waals surface area contributed by atoms with E-state index in [4.69, 9.17) is 11.6 Å². The van der Waals surface area contributed by atoms with Gasteiger partial charge in [-0.2, -0.15) is 0 Å². The van der Waals surface area contributed by atoms with Crippen molar-refractivity contribution >= 4 is 39.9 Å². The van der Waals surface area contributed by atoms with Gasteiger partial charge in [0.1, 0.15) is 0 Å². The lowest BCUT2D eigenvalue weighted by Crippen LogP contribution is -2.33. The minimum absolute atomic E-state index is 0.0163. The SMILES string of the molecule is CC(C)(C)c1ccc(S(=O)(=O)Nc2ccc(Cl)cc2B(O)O)cc1. The molecule has 0 amide bonds. The molecule has 0 aromatic heterocycles. The number of hydrogen-bond donors (Lipinski definition) is 3. The highest BCUT2D eigenvalue weighted by Gasteiger charge is 2.22. The van der Waals surface area contributed by atoms with Crippen LogP contribution in [0.3, 0.4) is 0 Å². The van der Waals surface area contributed by atoms with Gasteiger partial charge >= 0.3 is 7.12 Å². The highest BCUT2D eigenvalue weighted by atomic mass is 35.5. The van der Waals surface area contributed by atoms with Crippen molar-refractivity contribution in [2.45, 2.75) is 31.1 Å². The van der Waals surface area contributed by atoms with Crippen molar-refractivity contribution in [2.75, 3.05) is 4.72 Å². The molecular weight excluding hydrogens is 349 g/mol. The summed E-state index contributed by atoms with van der Waals surface area (Å²) in [6, 6.07) is 10.7. The molecule has 0 heterocycles. The summed E-state index contributed by atoms with van der Waals surface area (Å²) in [6.07, 6.45) is 0. The zero-order valence-corrected chi connectivity index (χ0v) is 15.2. The number of anilines is 1. The molecule has 0 radical (unpaired) electrons. The molecule has 0 aliphatic heterocycles. The van der Waals surface area contributed by atoms with Crippen LogP contribution >= 0.6 is 11.6 Å². The minimum atomic E-state index is -3.86. The van der Waals surface area contributed by atoms with Crippen LogP contribution < -0.4 is 10.2 Å². The molecule has 2 aromatic carbocycles. The number of rotatable bonds is 4. The molecule has 0 spiro atoms. The van der Waals surface area contributed by atoms with Crippen LogP contribution in [0.2, 0.25) is 5.02 Å². The molecule has 0 bridgehead atoms. The van der Waals surface area contributed by atoms with Gasteiger partial charge in [-0.05, 0) is 41.3 Å². The van der Waals surface area contributed by atoms with E-state index in [2.05, 4.69) is 4.72 Å². The van der Waals surface area contributed by atoms with Crippen molar-refractivity contribution in [1.29, 1.82) is 0 Å². The van der Waals surface area contributed by atoms with E-state index in [-0.39, 0.29) is 26.5 Å². The Bertz CT molecular complexity index is 830. The van der Waals surface area contributed by atoms with Gasteiger partial charge < -0.3 is 10.0 Å². The predicted octanol–water partition coefficient (Wildman–Crippen LogP) is 2.12. The van der Waals surface area contributed by atoms with Gasteiger partial charge in [-0.1, -0.05) is 44.5 Å². The minimum Gasteiger partial charge on any atom is -0.423 e. The summed E-state index contributed by atoms with van der Waals surface area (Å²) >= 11 is 5.81. The van der Waals surface area contributed by atoms with Gasteiger partial charge in [0.2, 0.25) is 0 Å². The second-order valence-corrected chi connectivity index (χ2v) is 8.60. The molecule has 0 saturated carbocycles. The smallest absolute Gasteiger partial charge is 0.423 e. The Labute approximate surface area is 147 Å². The molecule has 0 fully saturated rings. The summed E-state index contributed by atoms with van der Waals surface area (Å²) < 4.78 is 27.4. The molecule has 128 valence electrons. The molecule has 0 saturated heterocycles. The first kappa shape index (κ1) is 18.8. The lowest BCUT2D eigenvalue weighted by Gasteiger charge is -2.19. The maximum Gasteiger partial charge on any atom is 0.490 e. The lowest BCUT2D eigenvalue weighted by molar-refractivity contribution is 0.426. The van der Waals surface area contributed by atoms with Crippen molar-refractivity contribution in [3.63, 3.8) is 0 Å². The topological polar surface area (TPSA) is 86.6 Å². The van der Waals surface area contributed by atoms with E-state index < -0.39 is 17.1 Å². The lowest BCUT2D eigenvalue weighted by atomic mass is 9.79. The van der Waals surface area contributed by atoms with Crippen LogP contribution in [0.25, 0.3) is 0 Å². The zero-order chi connectivity index (χ0) is 18.1.